The summed E-state index contributed by atoms with van der Waals surface area (Å²) in [7, 11) is 0. The van der Waals surface area contributed by atoms with Gasteiger partial charge in [0.25, 0.3) is 0 Å². The Hall–Kier alpha value is -1.81. The van der Waals surface area contributed by atoms with Gasteiger partial charge in [0.1, 0.15) is 5.69 Å². The molecule has 0 aliphatic carbocycles. The fraction of sp³-hybridized carbons (Fsp3) is 0.154. The van der Waals surface area contributed by atoms with Gasteiger partial charge in [-0.25, -0.2) is 0 Å². The molecule has 17 heavy (non-hydrogen) atoms. The average Bonchev–Trinajstić information content (AvgIpc) is 2.38. The molecular formula is C13H11NO2S. The lowest BCUT2D eigenvalue weighted by Crippen LogP contribution is -2.09. The lowest BCUT2D eigenvalue weighted by atomic mass is 10.1. The van der Waals surface area contributed by atoms with Crippen molar-refractivity contribution in [2.24, 2.45) is 0 Å². The van der Waals surface area contributed by atoms with E-state index < -0.39 is 0 Å². The van der Waals surface area contributed by atoms with Gasteiger partial charge in [-0.3, -0.25) is 9.59 Å². The van der Waals surface area contributed by atoms with Crippen LogP contribution in [0, 0.1) is 0 Å². The second kappa shape index (κ2) is 5.01. The van der Waals surface area contributed by atoms with Gasteiger partial charge in [0.2, 0.25) is 0 Å². The largest absolute Gasteiger partial charge is 0.327 e. The highest BCUT2D eigenvalue weighted by molar-refractivity contribution is 7.12. The number of hydrogen-bond acceptors (Lipinski definition) is 4. The number of Topliss-reactive ketones (excluding diaryl/α,β-unsaturated/α-hetero) is 1. The Balaban J connectivity index is 2.53. The van der Waals surface area contributed by atoms with E-state index in [1.165, 1.54) is 0 Å². The number of benzene rings is 1. The van der Waals surface area contributed by atoms with Gasteiger partial charge >= 0.3 is 4.87 Å². The van der Waals surface area contributed by atoms with E-state index in [-0.39, 0.29) is 16.4 Å². The minimum absolute atomic E-state index is 0.105. The van der Waals surface area contributed by atoms with E-state index in [2.05, 4.69) is 4.98 Å². The minimum atomic E-state index is -0.330. The highest BCUT2D eigenvalue weighted by Gasteiger charge is 2.09. The van der Waals surface area contributed by atoms with Crippen LogP contribution in [-0.4, -0.2) is 10.8 Å². The van der Waals surface area contributed by atoms with Gasteiger partial charge in [-0.1, -0.05) is 48.6 Å². The lowest BCUT2D eigenvalue weighted by Gasteiger charge is -2.01. The monoisotopic (exact) mass is 245 g/mol. The molecule has 0 saturated carbocycles. The average molecular weight is 245 g/mol. The number of hydrogen-bond donors (Lipinski definition) is 0. The Labute approximate surface area is 103 Å². The summed E-state index contributed by atoms with van der Waals surface area (Å²) in [5, 5.41) is 0. The van der Waals surface area contributed by atoms with Crippen molar-refractivity contribution in [3.63, 3.8) is 0 Å². The van der Waals surface area contributed by atoms with Crippen LogP contribution in [0.25, 0.3) is 10.4 Å². The van der Waals surface area contributed by atoms with Gasteiger partial charge in [-0.2, -0.15) is 4.98 Å². The van der Waals surface area contributed by atoms with Crippen molar-refractivity contribution < 1.29 is 4.79 Å². The van der Waals surface area contributed by atoms with Crippen LogP contribution in [-0.2, 0) is 0 Å². The first-order chi connectivity index (χ1) is 8.20. The van der Waals surface area contributed by atoms with Gasteiger partial charge < -0.3 is 0 Å². The molecule has 0 atom stereocenters. The Kier molecular flexibility index (Phi) is 3.44. The molecule has 1 heterocycles. The maximum atomic E-state index is 11.6. The molecule has 1 aromatic heterocycles. The van der Waals surface area contributed by atoms with Crippen LogP contribution >= 0.6 is 11.3 Å². The summed E-state index contributed by atoms with van der Waals surface area (Å²) in [6, 6.07) is 11.2. The Morgan fingerprint density at radius 2 is 2.00 bits per heavy atom. The number of ketones is 1. The molecule has 0 spiro atoms. The molecule has 1 aromatic carbocycles. The van der Waals surface area contributed by atoms with E-state index in [0.29, 0.717) is 6.42 Å². The summed E-state index contributed by atoms with van der Waals surface area (Å²) in [6.45, 7) is 1.76. The molecule has 0 radical (unpaired) electrons. The first-order valence-corrected chi connectivity index (χ1v) is 6.13. The second-order valence-corrected chi connectivity index (χ2v) is 4.51. The van der Waals surface area contributed by atoms with Gasteiger partial charge in [0.05, 0.1) is 0 Å². The Bertz CT molecular complexity index is 590. The fourth-order valence-corrected chi connectivity index (χ4v) is 2.23. The summed E-state index contributed by atoms with van der Waals surface area (Å²) in [4.78, 5) is 27.2. The molecule has 0 bridgehead atoms. The van der Waals surface area contributed by atoms with E-state index in [1.807, 2.05) is 30.3 Å². The van der Waals surface area contributed by atoms with Gasteiger partial charge in [0.15, 0.2) is 5.78 Å². The first kappa shape index (κ1) is 11.7. The summed E-state index contributed by atoms with van der Waals surface area (Å²) in [6.07, 6.45) is 0.356. The zero-order chi connectivity index (χ0) is 12.3. The van der Waals surface area contributed by atoms with E-state index in [0.717, 1.165) is 21.8 Å². The molecule has 2 rings (SSSR count). The van der Waals surface area contributed by atoms with Crippen molar-refractivity contribution in [1.29, 1.82) is 0 Å². The van der Waals surface area contributed by atoms with E-state index in [1.54, 1.807) is 13.0 Å². The second-order valence-electron chi connectivity index (χ2n) is 3.52. The zero-order valence-corrected chi connectivity index (χ0v) is 10.2. The maximum absolute atomic E-state index is 11.6. The summed E-state index contributed by atoms with van der Waals surface area (Å²) in [5.41, 5.74) is 1.19. The van der Waals surface area contributed by atoms with Crippen molar-refractivity contribution in [3.05, 3.63) is 51.8 Å². The normalized spacial score (nSPS) is 10.2. The van der Waals surface area contributed by atoms with Crippen molar-refractivity contribution >= 4 is 17.1 Å². The predicted octanol–water partition coefficient (Wildman–Crippen LogP) is 2.76. The molecule has 0 aliphatic heterocycles. The van der Waals surface area contributed by atoms with Crippen molar-refractivity contribution in [2.75, 3.05) is 0 Å². The zero-order valence-electron chi connectivity index (χ0n) is 9.34. The van der Waals surface area contributed by atoms with Crippen LogP contribution in [0.1, 0.15) is 23.8 Å². The van der Waals surface area contributed by atoms with Crippen LogP contribution in [0.5, 0.6) is 0 Å². The van der Waals surface area contributed by atoms with Gasteiger partial charge in [-0.15, -0.1) is 0 Å². The van der Waals surface area contributed by atoms with Crippen molar-refractivity contribution in [2.45, 2.75) is 13.3 Å². The SMILES string of the molecule is CCC(=O)c1cc(-c2ccccc2)sc(=O)n1. The first-order valence-electron chi connectivity index (χ1n) is 5.31. The Morgan fingerprint density at radius 3 is 2.65 bits per heavy atom. The lowest BCUT2D eigenvalue weighted by molar-refractivity contribution is 0.0983. The van der Waals surface area contributed by atoms with E-state index >= 15 is 0 Å². The molecule has 0 saturated heterocycles. The fourth-order valence-electron chi connectivity index (χ4n) is 1.47. The third kappa shape index (κ3) is 2.65. The molecule has 0 aliphatic rings. The predicted molar refractivity (Wildman–Crippen MR) is 68.4 cm³/mol. The number of carbonyl (C=O) groups excluding carboxylic acids is 1. The van der Waals surface area contributed by atoms with Crippen molar-refractivity contribution in [3.8, 4) is 10.4 Å². The third-order valence-corrected chi connectivity index (χ3v) is 3.18. The molecule has 86 valence electrons. The van der Waals surface area contributed by atoms with E-state index in [9.17, 15) is 9.59 Å². The molecule has 2 aromatic rings. The van der Waals surface area contributed by atoms with Crippen LogP contribution in [0.2, 0.25) is 0 Å². The molecular weight excluding hydrogens is 234 g/mol. The standard InChI is InChI=1S/C13H11NO2S/c1-2-11(15)10-8-12(17-13(16)14-10)9-6-4-3-5-7-9/h3-8H,2H2,1H3. The van der Waals surface area contributed by atoms with Crippen LogP contribution in [0.15, 0.2) is 41.2 Å². The van der Waals surface area contributed by atoms with E-state index in [4.69, 9.17) is 0 Å². The molecule has 4 heteroatoms. The number of carbonyl (C=O) groups is 1. The highest BCUT2D eigenvalue weighted by Crippen LogP contribution is 2.21. The van der Waals surface area contributed by atoms with Crippen molar-refractivity contribution in [1.82, 2.24) is 4.98 Å². The Morgan fingerprint density at radius 1 is 1.29 bits per heavy atom. The molecule has 3 nitrogen and oxygen atoms in total. The summed E-state index contributed by atoms with van der Waals surface area (Å²) >= 11 is 1.05. The molecule has 0 unspecified atom stereocenters. The quantitative estimate of drug-likeness (QED) is 0.781. The molecule has 0 fully saturated rings. The summed E-state index contributed by atoms with van der Waals surface area (Å²) < 4.78 is 0. The van der Waals surface area contributed by atoms with Crippen LogP contribution in [0.4, 0.5) is 0 Å². The highest BCUT2D eigenvalue weighted by atomic mass is 32.1. The number of aromatic nitrogens is 1. The summed E-state index contributed by atoms with van der Waals surface area (Å²) in [5.74, 6) is -0.105. The third-order valence-electron chi connectivity index (χ3n) is 2.34. The maximum Gasteiger partial charge on any atom is 0.327 e. The smallest absolute Gasteiger partial charge is 0.292 e. The topological polar surface area (TPSA) is 47.0 Å². The molecule has 0 N–H and O–H groups in total. The van der Waals surface area contributed by atoms with Gasteiger partial charge in [0, 0.05) is 11.3 Å². The van der Waals surface area contributed by atoms with Gasteiger partial charge in [-0.05, 0) is 11.6 Å². The van der Waals surface area contributed by atoms with Crippen LogP contribution < -0.4 is 4.87 Å². The number of nitrogens with zero attached hydrogens (tertiary/aromatic N) is 1. The number of rotatable bonds is 3. The minimum Gasteiger partial charge on any atom is -0.292 e. The van der Waals surface area contributed by atoms with Crippen LogP contribution in [0.3, 0.4) is 0 Å². The molecule has 0 amide bonds.